The van der Waals surface area contributed by atoms with Crippen LogP contribution in [0.1, 0.15) is 90.3 Å². The number of methoxy groups -OCH3 is 1. The summed E-state index contributed by atoms with van der Waals surface area (Å²) in [6.45, 7) is 11.4. The number of hydrogen-bond donors (Lipinski definition) is 2. The summed E-state index contributed by atoms with van der Waals surface area (Å²) in [6.07, 6.45) is 5.54. The van der Waals surface area contributed by atoms with E-state index in [9.17, 15) is 14.4 Å². The molecule has 2 rings (SSSR count). The molecule has 2 atom stereocenters. The van der Waals surface area contributed by atoms with E-state index >= 15 is 0 Å². The smallest absolute Gasteiger partial charge is 0.408 e. The van der Waals surface area contributed by atoms with E-state index < -0.39 is 23.8 Å². The van der Waals surface area contributed by atoms with Crippen molar-refractivity contribution in [2.24, 2.45) is 0 Å². The maximum Gasteiger partial charge on any atom is 0.408 e. The summed E-state index contributed by atoms with van der Waals surface area (Å²) in [5.41, 5.74) is 1.57. The Morgan fingerprint density at radius 1 is 0.950 bits per heavy atom. The third-order valence-electron chi connectivity index (χ3n) is 6.41. The largest absolute Gasteiger partial charge is 0.497 e. The van der Waals surface area contributed by atoms with Crippen LogP contribution in [0.15, 0.2) is 48.5 Å². The van der Waals surface area contributed by atoms with E-state index in [2.05, 4.69) is 17.6 Å². The zero-order chi connectivity index (χ0) is 29.7. The molecular weight excluding hydrogens is 506 g/mol. The first-order chi connectivity index (χ1) is 18.9. The fraction of sp³-hybridized carbons (Fsp3) is 0.531. The highest BCUT2D eigenvalue weighted by Crippen LogP contribution is 2.26. The van der Waals surface area contributed by atoms with Gasteiger partial charge in [-0.25, -0.2) is 4.79 Å². The van der Waals surface area contributed by atoms with E-state index in [4.69, 9.17) is 9.47 Å². The second kappa shape index (κ2) is 15.9. The number of nitrogens with one attached hydrogen (secondary N) is 2. The van der Waals surface area contributed by atoms with Crippen LogP contribution in [0.2, 0.25) is 0 Å². The van der Waals surface area contributed by atoms with Crippen LogP contribution in [0.4, 0.5) is 10.5 Å². The van der Waals surface area contributed by atoms with Crippen molar-refractivity contribution in [1.82, 2.24) is 10.2 Å². The van der Waals surface area contributed by atoms with Crippen molar-refractivity contribution in [1.29, 1.82) is 0 Å². The summed E-state index contributed by atoms with van der Waals surface area (Å²) in [5, 5.41) is 5.63. The molecular formula is C32H47N3O5. The average molecular weight is 554 g/mol. The summed E-state index contributed by atoms with van der Waals surface area (Å²) in [5.74, 6) is -0.00877. The minimum Gasteiger partial charge on any atom is -0.497 e. The van der Waals surface area contributed by atoms with Crippen molar-refractivity contribution in [3.8, 4) is 5.75 Å². The molecule has 0 aromatic heterocycles. The van der Waals surface area contributed by atoms with Crippen LogP contribution in [0, 0.1) is 6.92 Å². The number of anilines is 1. The molecule has 0 radical (unpaired) electrons. The first-order valence-electron chi connectivity index (χ1n) is 14.3. The number of carbonyl (C=O) groups is 3. The van der Waals surface area contributed by atoms with Gasteiger partial charge in [-0.3, -0.25) is 9.59 Å². The van der Waals surface area contributed by atoms with Gasteiger partial charge in [-0.05, 0) is 70.9 Å². The number of nitrogens with zero attached hydrogens (tertiary/aromatic N) is 1. The third-order valence-corrected chi connectivity index (χ3v) is 6.41. The number of benzene rings is 2. The highest BCUT2D eigenvalue weighted by Gasteiger charge is 2.34. The number of hydrogen-bond acceptors (Lipinski definition) is 5. The fourth-order valence-corrected chi connectivity index (χ4v) is 4.42. The molecule has 8 heteroatoms. The van der Waals surface area contributed by atoms with Crippen molar-refractivity contribution in [3.63, 3.8) is 0 Å². The fourth-order valence-electron chi connectivity index (χ4n) is 4.42. The number of amides is 3. The van der Waals surface area contributed by atoms with Crippen LogP contribution in [0.3, 0.4) is 0 Å². The van der Waals surface area contributed by atoms with Gasteiger partial charge < -0.3 is 25.0 Å². The zero-order valence-electron chi connectivity index (χ0n) is 25.2. The highest BCUT2D eigenvalue weighted by molar-refractivity contribution is 5.99. The van der Waals surface area contributed by atoms with Crippen molar-refractivity contribution < 1.29 is 23.9 Å². The Bertz CT molecular complexity index is 1090. The quantitative estimate of drug-likeness (QED) is 0.251. The number of alkyl carbamates (subject to hydrolysis) is 1. The molecule has 2 unspecified atom stereocenters. The first-order valence-corrected chi connectivity index (χ1v) is 14.3. The van der Waals surface area contributed by atoms with Crippen LogP contribution < -0.4 is 15.4 Å². The molecule has 2 N–H and O–H groups in total. The van der Waals surface area contributed by atoms with Gasteiger partial charge in [-0.2, -0.15) is 0 Å². The normalized spacial score (nSPS) is 12.7. The van der Waals surface area contributed by atoms with Gasteiger partial charge >= 0.3 is 6.09 Å². The Labute approximate surface area is 239 Å². The van der Waals surface area contributed by atoms with Crippen LogP contribution in [0.5, 0.6) is 5.75 Å². The second-order valence-corrected chi connectivity index (χ2v) is 11.2. The molecule has 0 heterocycles. The van der Waals surface area contributed by atoms with Gasteiger partial charge in [0.25, 0.3) is 5.91 Å². The monoisotopic (exact) mass is 553 g/mol. The highest BCUT2D eigenvalue weighted by atomic mass is 16.6. The molecule has 0 bridgehead atoms. The van der Waals surface area contributed by atoms with E-state index in [1.54, 1.807) is 64.0 Å². The van der Waals surface area contributed by atoms with Crippen molar-refractivity contribution in [3.05, 3.63) is 59.7 Å². The molecule has 3 amide bonds. The van der Waals surface area contributed by atoms with Crippen LogP contribution in [-0.2, 0) is 14.3 Å². The molecule has 40 heavy (non-hydrogen) atoms. The summed E-state index contributed by atoms with van der Waals surface area (Å²) >= 11 is 0. The Hall–Kier alpha value is -3.55. The molecule has 0 saturated carbocycles. The molecule has 0 aliphatic rings. The van der Waals surface area contributed by atoms with Crippen molar-refractivity contribution >= 4 is 23.6 Å². The molecule has 0 fully saturated rings. The predicted molar refractivity (Wildman–Crippen MR) is 159 cm³/mol. The number of aryl methyl sites for hydroxylation is 1. The third kappa shape index (κ3) is 10.9. The number of ether oxygens (including phenoxy) is 2. The number of unbranched alkanes of at least 4 members (excludes halogenated alkanes) is 5. The van der Waals surface area contributed by atoms with E-state index in [0.717, 1.165) is 37.7 Å². The van der Waals surface area contributed by atoms with E-state index in [0.29, 0.717) is 23.5 Å². The summed E-state index contributed by atoms with van der Waals surface area (Å²) in [4.78, 5) is 41.9. The lowest BCUT2D eigenvalue weighted by Crippen LogP contribution is -2.51. The molecule has 8 nitrogen and oxygen atoms in total. The van der Waals surface area contributed by atoms with Gasteiger partial charge in [-0.1, -0.05) is 68.9 Å². The SMILES string of the molecule is CCCCCCCCN(C(=O)C(C)NC(=O)OC(C)(C)C)C(C(=O)Nc1ccc(OC)cc1)c1cccc(C)c1. The van der Waals surface area contributed by atoms with Gasteiger partial charge in [0.2, 0.25) is 5.91 Å². The Balaban J connectivity index is 2.38. The van der Waals surface area contributed by atoms with Gasteiger partial charge in [0.1, 0.15) is 23.4 Å². The first kappa shape index (κ1) is 32.7. The lowest BCUT2D eigenvalue weighted by Gasteiger charge is -2.34. The lowest BCUT2D eigenvalue weighted by molar-refractivity contribution is -0.140. The van der Waals surface area contributed by atoms with Crippen molar-refractivity contribution in [2.45, 2.75) is 97.8 Å². The maximum atomic E-state index is 13.9. The Kier molecular flexibility index (Phi) is 13.0. The van der Waals surface area contributed by atoms with Gasteiger partial charge in [-0.15, -0.1) is 0 Å². The van der Waals surface area contributed by atoms with Crippen LogP contribution in [0.25, 0.3) is 0 Å². The lowest BCUT2D eigenvalue weighted by atomic mass is 10.00. The maximum absolute atomic E-state index is 13.9. The van der Waals surface area contributed by atoms with E-state index in [-0.39, 0.29) is 11.8 Å². The van der Waals surface area contributed by atoms with Crippen LogP contribution >= 0.6 is 0 Å². The number of carbonyl (C=O) groups excluding carboxylic acids is 3. The number of rotatable bonds is 14. The van der Waals surface area contributed by atoms with Crippen LogP contribution in [-0.4, -0.2) is 48.1 Å². The Morgan fingerprint density at radius 3 is 2.20 bits per heavy atom. The molecule has 2 aromatic rings. The molecule has 0 aliphatic carbocycles. The topological polar surface area (TPSA) is 97.0 Å². The molecule has 0 saturated heterocycles. The summed E-state index contributed by atoms with van der Waals surface area (Å²) in [7, 11) is 1.58. The predicted octanol–water partition coefficient (Wildman–Crippen LogP) is 6.79. The van der Waals surface area contributed by atoms with E-state index in [1.807, 2.05) is 31.2 Å². The molecule has 2 aromatic carbocycles. The minimum atomic E-state index is -0.895. The molecule has 0 spiro atoms. The van der Waals surface area contributed by atoms with E-state index in [1.165, 1.54) is 6.42 Å². The summed E-state index contributed by atoms with van der Waals surface area (Å²) in [6, 6.07) is 12.9. The zero-order valence-corrected chi connectivity index (χ0v) is 25.2. The average Bonchev–Trinajstić information content (AvgIpc) is 2.88. The summed E-state index contributed by atoms with van der Waals surface area (Å²) < 4.78 is 10.6. The molecule has 220 valence electrons. The Morgan fingerprint density at radius 2 is 1.60 bits per heavy atom. The standard InChI is InChI=1S/C32H47N3O5/c1-8-9-10-11-12-13-21-35(30(37)24(3)33-31(38)40-32(4,5)6)28(25-16-14-15-23(2)22-25)29(36)34-26-17-19-27(39-7)20-18-26/h14-20,22,24,28H,8-13,21H2,1-7H3,(H,33,38)(H,34,36). The van der Waals surface area contributed by atoms with Gasteiger partial charge in [0, 0.05) is 12.2 Å². The van der Waals surface area contributed by atoms with Gasteiger partial charge in [0.05, 0.1) is 7.11 Å². The second-order valence-electron chi connectivity index (χ2n) is 11.2. The van der Waals surface area contributed by atoms with Crippen molar-refractivity contribution in [2.75, 3.05) is 19.0 Å². The van der Waals surface area contributed by atoms with Gasteiger partial charge in [0.15, 0.2) is 0 Å². The minimum absolute atomic E-state index is 0.334. The molecule has 0 aliphatic heterocycles.